The van der Waals surface area contributed by atoms with Gasteiger partial charge in [-0.3, -0.25) is 0 Å². The number of nitrogens with one attached hydrogen (secondary N) is 3. The Labute approximate surface area is 123 Å². The minimum absolute atomic E-state index is 0.197. The van der Waals surface area contributed by atoms with Gasteiger partial charge in [0.05, 0.1) is 5.69 Å². The number of pyridine rings is 1. The average molecular weight is 290 g/mol. The summed E-state index contributed by atoms with van der Waals surface area (Å²) in [4.78, 5) is 14.1. The summed E-state index contributed by atoms with van der Waals surface area (Å²) in [7, 11) is 0. The molecule has 0 amide bonds. The first kappa shape index (κ1) is 14.1. The molecule has 1 aliphatic heterocycles. The number of H-pyrrole nitrogens is 1. The van der Waals surface area contributed by atoms with Crippen LogP contribution in [0.15, 0.2) is 17.1 Å². The molecule has 2 aromatic rings. The summed E-state index contributed by atoms with van der Waals surface area (Å²) in [6.07, 6.45) is 2.88. The molecule has 114 valence electrons. The SMILES string of the molecule is Cc1cc(NCCCN2CCNCC2)c2n[nH]c(=O)n2c1. The van der Waals surface area contributed by atoms with Crippen LogP contribution in [0, 0.1) is 6.92 Å². The van der Waals surface area contributed by atoms with E-state index in [4.69, 9.17) is 0 Å². The Morgan fingerprint density at radius 1 is 1.38 bits per heavy atom. The molecule has 7 heteroatoms. The molecule has 1 saturated heterocycles. The van der Waals surface area contributed by atoms with Crippen LogP contribution in [-0.4, -0.2) is 58.8 Å². The first-order chi connectivity index (χ1) is 10.2. The second-order valence-electron chi connectivity index (χ2n) is 5.53. The largest absolute Gasteiger partial charge is 0.382 e. The van der Waals surface area contributed by atoms with Gasteiger partial charge >= 0.3 is 5.69 Å². The van der Waals surface area contributed by atoms with E-state index in [9.17, 15) is 4.79 Å². The number of nitrogens with zero attached hydrogens (tertiary/aromatic N) is 3. The van der Waals surface area contributed by atoms with Gasteiger partial charge in [0.2, 0.25) is 0 Å². The normalized spacial score (nSPS) is 16.4. The minimum Gasteiger partial charge on any atom is -0.382 e. The van der Waals surface area contributed by atoms with Gasteiger partial charge in [-0.05, 0) is 31.5 Å². The van der Waals surface area contributed by atoms with Crippen molar-refractivity contribution in [3.8, 4) is 0 Å². The van der Waals surface area contributed by atoms with Gasteiger partial charge < -0.3 is 15.5 Å². The molecular formula is C14H22N6O. The summed E-state index contributed by atoms with van der Waals surface area (Å²) in [6, 6.07) is 2.03. The molecule has 1 aliphatic rings. The zero-order chi connectivity index (χ0) is 14.7. The van der Waals surface area contributed by atoms with E-state index in [1.807, 2.05) is 13.0 Å². The number of rotatable bonds is 5. The molecule has 7 nitrogen and oxygen atoms in total. The number of piperazine rings is 1. The zero-order valence-corrected chi connectivity index (χ0v) is 12.4. The van der Waals surface area contributed by atoms with Crippen LogP contribution in [0.3, 0.4) is 0 Å². The molecule has 0 spiro atoms. The van der Waals surface area contributed by atoms with Crippen LogP contribution in [-0.2, 0) is 0 Å². The van der Waals surface area contributed by atoms with E-state index in [2.05, 4.69) is 25.7 Å². The van der Waals surface area contributed by atoms with Crippen molar-refractivity contribution >= 4 is 11.3 Å². The van der Waals surface area contributed by atoms with Crippen LogP contribution in [0.5, 0.6) is 0 Å². The van der Waals surface area contributed by atoms with Crippen molar-refractivity contribution in [2.24, 2.45) is 0 Å². The van der Waals surface area contributed by atoms with Gasteiger partial charge in [-0.15, -0.1) is 0 Å². The molecule has 0 saturated carbocycles. The van der Waals surface area contributed by atoms with Crippen LogP contribution in [0.1, 0.15) is 12.0 Å². The van der Waals surface area contributed by atoms with Crippen molar-refractivity contribution in [1.82, 2.24) is 24.8 Å². The summed E-state index contributed by atoms with van der Waals surface area (Å²) >= 11 is 0. The maximum absolute atomic E-state index is 11.6. The fraction of sp³-hybridized carbons (Fsp3) is 0.571. The summed E-state index contributed by atoms with van der Waals surface area (Å²) < 4.78 is 1.55. The Hall–Kier alpha value is -1.86. The van der Waals surface area contributed by atoms with Gasteiger partial charge in [0.1, 0.15) is 0 Å². The zero-order valence-electron chi connectivity index (χ0n) is 12.4. The average Bonchev–Trinajstić information content (AvgIpc) is 2.86. The maximum Gasteiger partial charge on any atom is 0.347 e. The minimum atomic E-state index is -0.197. The van der Waals surface area contributed by atoms with Gasteiger partial charge in [0, 0.05) is 38.9 Å². The molecule has 1 fully saturated rings. The molecule has 3 heterocycles. The summed E-state index contributed by atoms with van der Waals surface area (Å²) in [5.74, 6) is 0. The quantitative estimate of drug-likeness (QED) is 0.678. The van der Waals surface area contributed by atoms with Crippen molar-refractivity contribution < 1.29 is 0 Å². The van der Waals surface area contributed by atoms with E-state index < -0.39 is 0 Å². The number of hydrogen-bond donors (Lipinski definition) is 3. The molecule has 2 aromatic heterocycles. The third-order valence-corrected chi connectivity index (χ3v) is 3.83. The second-order valence-corrected chi connectivity index (χ2v) is 5.53. The first-order valence-corrected chi connectivity index (χ1v) is 7.48. The van der Waals surface area contributed by atoms with Crippen LogP contribution in [0.4, 0.5) is 5.69 Å². The number of anilines is 1. The molecule has 21 heavy (non-hydrogen) atoms. The summed E-state index contributed by atoms with van der Waals surface area (Å²) in [5.41, 5.74) is 2.41. The standard InChI is InChI=1S/C14H22N6O/c1-11-9-12(13-17-18-14(21)20(13)10-11)16-3-2-6-19-7-4-15-5-8-19/h9-10,15-16H,2-8H2,1H3,(H,18,21). The molecule has 0 atom stereocenters. The third kappa shape index (κ3) is 3.25. The number of aryl methyl sites for hydroxylation is 1. The Kier molecular flexibility index (Phi) is 4.21. The van der Waals surface area contributed by atoms with E-state index in [0.717, 1.165) is 56.9 Å². The molecule has 3 rings (SSSR count). The lowest BCUT2D eigenvalue weighted by Gasteiger charge is -2.27. The van der Waals surface area contributed by atoms with Crippen molar-refractivity contribution in [2.75, 3.05) is 44.6 Å². The third-order valence-electron chi connectivity index (χ3n) is 3.83. The summed E-state index contributed by atoms with van der Waals surface area (Å²) in [6.45, 7) is 8.39. The van der Waals surface area contributed by atoms with Gasteiger partial charge in [0.25, 0.3) is 0 Å². The predicted octanol–water partition coefficient (Wildman–Crippen LogP) is 0.0382. The Balaban J connectivity index is 1.59. The highest BCUT2D eigenvalue weighted by atomic mass is 16.1. The highest BCUT2D eigenvalue weighted by molar-refractivity contribution is 5.67. The Morgan fingerprint density at radius 2 is 2.19 bits per heavy atom. The van der Waals surface area contributed by atoms with Crippen molar-refractivity contribution in [3.63, 3.8) is 0 Å². The number of aromatic amines is 1. The molecule has 3 N–H and O–H groups in total. The van der Waals surface area contributed by atoms with Crippen LogP contribution in [0.2, 0.25) is 0 Å². The summed E-state index contributed by atoms with van der Waals surface area (Å²) in [5, 5.41) is 13.3. The van der Waals surface area contributed by atoms with E-state index in [-0.39, 0.29) is 5.69 Å². The van der Waals surface area contributed by atoms with Crippen LogP contribution in [0.25, 0.3) is 5.65 Å². The molecular weight excluding hydrogens is 268 g/mol. The second kappa shape index (κ2) is 6.28. The lowest BCUT2D eigenvalue weighted by Crippen LogP contribution is -2.44. The number of fused-ring (bicyclic) bond motifs is 1. The van der Waals surface area contributed by atoms with Crippen molar-refractivity contribution in [2.45, 2.75) is 13.3 Å². The topological polar surface area (TPSA) is 77.5 Å². The highest BCUT2D eigenvalue weighted by Gasteiger charge is 2.09. The number of hydrogen-bond acceptors (Lipinski definition) is 5. The molecule has 0 bridgehead atoms. The lowest BCUT2D eigenvalue weighted by molar-refractivity contribution is 0.240. The fourth-order valence-corrected chi connectivity index (χ4v) is 2.74. The van der Waals surface area contributed by atoms with Gasteiger partial charge in [-0.1, -0.05) is 0 Å². The van der Waals surface area contributed by atoms with E-state index in [1.165, 1.54) is 0 Å². The molecule has 0 aliphatic carbocycles. The van der Waals surface area contributed by atoms with Crippen LogP contribution < -0.4 is 16.3 Å². The predicted molar refractivity (Wildman–Crippen MR) is 83.0 cm³/mol. The first-order valence-electron chi connectivity index (χ1n) is 7.48. The monoisotopic (exact) mass is 290 g/mol. The molecule has 0 aromatic carbocycles. The Morgan fingerprint density at radius 3 is 3.00 bits per heavy atom. The van der Waals surface area contributed by atoms with Crippen molar-refractivity contribution in [1.29, 1.82) is 0 Å². The van der Waals surface area contributed by atoms with E-state index in [0.29, 0.717) is 5.65 Å². The fourth-order valence-electron chi connectivity index (χ4n) is 2.74. The van der Waals surface area contributed by atoms with Crippen molar-refractivity contribution in [3.05, 3.63) is 28.3 Å². The van der Waals surface area contributed by atoms with Gasteiger partial charge in [0.15, 0.2) is 5.65 Å². The molecule has 0 unspecified atom stereocenters. The lowest BCUT2D eigenvalue weighted by atomic mass is 10.2. The van der Waals surface area contributed by atoms with E-state index in [1.54, 1.807) is 10.6 Å². The highest BCUT2D eigenvalue weighted by Crippen LogP contribution is 2.15. The van der Waals surface area contributed by atoms with Gasteiger partial charge in [-0.2, -0.15) is 5.10 Å². The maximum atomic E-state index is 11.6. The van der Waals surface area contributed by atoms with Gasteiger partial charge in [-0.25, -0.2) is 14.3 Å². The number of aromatic nitrogens is 3. The van der Waals surface area contributed by atoms with Crippen LogP contribution >= 0.6 is 0 Å². The smallest absolute Gasteiger partial charge is 0.347 e. The van der Waals surface area contributed by atoms with E-state index >= 15 is 0 Å². The molecule has 0 radical (unpaired) electrons. The Bertz CT molecular complexity index is 655.